The Morgan fingerprint density at radius 1 is 1.83 bits per heavy atom. The van der Waals surface area contributed by atoms with E-state index in [1.165, 1.54) is 0 Å². The second-order valence-electron chi connectivity index (χ2n) is 2.25. The minimum absolute atomic E-state index is 0.293. The summed E-state index contributed by atoms with van der Waals surface area (Å²) in [5.74, 6) is -0.293. The molecule has 0 saturated heterocycles. The Morgan fingerprint density at radius 2 is 2.58 bits per heavy atom. The topological polar surface area (TPSA) is 31.2 Å². The zero-order chi connectivity index (χ0) is 8.97. The van der Waals surface area contributed by atoms with E-state index in [4.69, 9.17) is 4.74 Å². The summed E-state index contributed by atoms with van der Waals surface area (Å²) in [4.78, 5) is 11.1. The van der Waals surface area contributed by atoms with E-state index in [0.717, 1.165) is 0 Å². The highest BCUT2D eigenvalue weighted by Gasteiger charge is 2.06. The fourth-order valence-electron chi connectivity index (χ4n) is 0.862. The van der Waals surface area contributed by atoms with Crippen LogP contribution in [-0.2, 0) is 4.74 Å². The monoisotopic (exact) mass is 165 g/mol. The SMILES string of the molecule is C=Cn1ccc(C(=O)OCC)c1. The van der Waals surface area contributed by atoms with Gasteiger partial charge in [-0.15, -0.1) is 0 Å². The molecular formula is C9H11NO2. The maximum Gasteiger partial charge on any atom is 0.339 e. The van der Waals surface area contributed by atoms with Gasteiger partial charge in [0, 0.05) is 18.6 Å². The molecule has 3 heteroatoms. The molecule has 0 fully saturated rings. The van der Waals surface area contributed by atoms with E-state index in [0.29, 0.717) is 12.2 Å². The third-order valence-electron chi connectivity index (χ3n) is 1.44. The molecule has 64 valence electrons. The third-order valence-corrected chi connectivity index (χ3v) is 1.44. The Morgan fingerprint density at radius 3 is 3.08 bits per heavy atom. The van der Waals surface area contributed by atoms with Crippen LogP contribution in [0.3, 0.4) is 0 Å². The number of hydrogen-bond acceptors (Lipinski definition) is 2. The van der Waals surface area contributed by atoms with Crippen LogP contribution in [0.1, 0.15) is 17.3 Å². The molecule has 3 nitrogen and oxygen atoms in total. The number of nitrogens with zero attached hydrogens (tertiary/aromatic N) is 1. The van der Waals surface area contributed by atoms with Crippen molar-refractivity contribution in [3.8, 4) is 0 Å². The molecule has 0 atom stereocenters. The van der Waals surface area contributed by atoms with Crippen LogP contribution in [-0.4, -0.2) is 17.1 Å². The summed E-state index contributed by atoms with van der Waals surface area (Å²) in [6.45, 7) is 5.74. The molecule has 1 aromatic heterocycles. The highest BCUT2D eigenvalue weighted by atomic mass is 16.5. The Labute approximate surface area is 71.3 Å². The standard InChI is InChI=1S/C9H11NO2/c1-3-10-6-5-8(7-10)9(11)12-4-2/h3,5-7H,1,4H2,2H3. The minimum Gasteiger partial charge on any atom is -0.462 e. The molecule has 0 radical (unpaired) electrons. The third kappa shape index (κ3) is 1.75. The fraction of sp³-hybridized carbons (Fsp3) is 0.222. The van der Waals surface area contributed by atoms with Crippen LogP contribution in [0.5, 0.6) is 0 Å². The summed E-state index contributed by atoms with van der Waals surface area (Å²) in [7, 11) is 0. The maximum absolute atomic E-state index is 11.1. The predicted octanol–water partition coefficient (Wildman–Crippen LogP) is 1.77. The number of ether oxygens (including phenoxy) is 1. The van der Waals surface area contributed by atoms with Gasteiger partial charge in [0.1, 0.15) is 0 Å². The average Bonchev–Trinajstić information content (AvgIpc) is 2.52. The van der Waals surface area contributed by atoms with Gasteiger partial charge in [-0.05, 0) is 13.0 Å². The second kappa shape index (κ2) is 3.76. The number of hydrogen-bond donors (Lipinski definition) is 0. The van der Waals surface area contributed by atoms with E-state index in [-0.39, 0.29) is 5.97 Å². The molecule has 0 amide bonds. The molecule has 1 rings (SSSR count). The minimum atomic E-state index is -0.293. The number of rotatable bonds is 3. The molecule has 0 N–H and O–H groups in total. The van der Waals surface area contributed by atoms with E-state index in [2.05, 4.69) is 6.58 Å². The lowest BCUT2D eigenvalue weighted by atomic mass is 10.3. The lowest BCUT2D eigenvalue weighted by molar-refractivity contribution is 0.0526. The van der Waals surface area contributed by atoms with Gasteiger partial charge in [-0.25, -0.2) is 4.79 Å². The molecule has 12 heavy (non-hydrogen) atoms. The number of carbonyl (C=O) groups is 1. The van der Waals surface area contributed by atoms with Crippen molar-refractivity contribution in [3.63, 3.8) is 0 Å². The average molecular weight is 165 g/mol. The summed E-state index contributed by atoms with van der Waals surface area (Å²) in [6, 6.07) is 1.69. The van der Waals surface area contributed by atoms with Crippen LogP contribution in [0.25, 0.3) is 6.20 Å². The second-order valence-corrected chi connectivity index (χ2v) is 2.25. The van der Waals surface area contributed by atoms with Crippen LogP contribution in [0.4, 0.5) is 0 Å². The molecule has 0 saturated carbocycles. The van der Waals surface area contributed by atoms with Crippen molar-refractivity contribution >= 4 is 12.2 Å². The van der Waals surface area contributed by atoms with Crippen molar-refractivity contribution in [3.05, 3.63) is 30.6 Å². The molecule has 0 aromatic carbocycles. The predicted molar refractivity (Wildman–Crippen MR) is 46.8 cm³/mol. The van der Waals surface area contributed by atoms with Gasteiger partial charge in [-0.1, -0.05) is 6.58 Å². The van der Waals surface area contributed by atoms with Crippen molar-refractivity contribution in [1.82, 2.24) is 4.57 Å². The van der Waals surface area contributed by atoms with Crippen LogP contribution < -0.4 is 0 Å². The van der Waals surface area contributed by atoms with Gasteiger partial charge >= 0.3 is 5.97 Å². The first-order valence-electron chi connectivity index (χ1n) is 3.75. The lowest BCUT2D eigenvalue weighted by Gasteiger charge is -1.96. The first-order chi connectivity index (χ1) is 5.77. The Kier molecular flexibility index (Phi) is 2.69. The summed E-state index contributed by atoms with van der Waals surface area (Å²) in [5, 5.41) is 0. The van der Waals surface area contributed by atoms with E-state index in [1.807, 2.05) is 0 Å². The molecule has 1 heterocycles. The molecule has 0 bridgehead atoms. The van der Waals surface area contributed by atoms with Crippen LogP contribution in [0.15, 0.2) is 25.0 Å². The molecule has 1 aromatic rings. The molecule has 0 spiro atoms. The molecule has 0 aliphatic heterocycles. The van der Waals surface area contributed by atoms with Crippen molar-refractivity contribution in [1.29, 1.82) is 0 Å². The smallest absolute Gasteiger partial charge is 0.339 e. The van der Waals surface area contributed by atoms with Crippen molar-refractivity contribution in [2.75, 3.05) is 6.61 Å². The molecule has 0 unspecified atom stereocenters. The Bertz CT molecular complexity index is 288. The van der Waals surface area contributed by atoms with Crippen molar-refractivity contribution in [2.45, 2.75) is 6.92 Å². The van der Waals surface area contributed by atoms with Gasteiger partial charge in [0.15, 0.2) is 0 Å². The molecule has 0 aliphatic carbocycles. The maximum atomic E-state index is 11.1. The van der Waals surface area contributed by atoms with Gasteiger partial charge in [0.05, 0.1) is 12.2 Å². The van der Waals surface area contributed by atoms with Crippen molar-refractivity contribution < 1.29 is 9.53 Å². The van der Waals surface area contributed by atoms with E-state index in [1.54, 1.807) is 36.2 Å². The summed E-state index contributed by atoms with van der Waals surface area (Å²) in [5.41, 5.74) is 0.553. The van der Waals surface area contributed by atoms with Crippen LogP contribution >= 0.6 is 0 Å². The van der Waals surface area contributed by atoms with Crippen LogP contribution in [0.2, 0.25) is 0 Å². The highest BCUT2D eigenvalue weighted by molar-refractivity contribution is 5.89. The zero-order valence-corrected chi connectivity index (χ0v) is 6.99. The van der Waals surface area contributed by atoms with E-state index < -0.39 is 0 Å². The van der Waals surface area contributed by atoms with Crippen LogP contribution in [0, 0.1) is 0 Å². The first kappa shape index (κ1) is 8.59. The Hall–Kier alpha value is -1.51. The Balaban J connectivity index is 2.74. The van der Waals surface area contributed by atoms with Gasteiger partial charge < -0.3 is 9.30 Å². The van der Waals surface area contributed by atoms with Crippen molar-refractivity contribution in [2.24, 2.45) is 0 Å². The largest absolute Gasteiger partial charge is 0.462 e. The lowest BCUT2D eigenvalue weighted by Crippen LogP contribution is -2.02. The van der Waals surface area contributed by atoms with E-state index >= 15 is 0 Å². The van der Waals surface area contributed by atoms with E-state index in [9.17, 15) is 4.79 Å². The summed E-state index contributed by atoms with van der Waals surface area (Å²) in [6.07, 6.45) is 5.03. The molecule has 0 aliphatic rings. The summed E-state index contributed by atoms with van der Waals surface area (Å²) < 4.78 is 6.50. The number of aromatic nitrogens is 1. The summed E-state index contributed by atoms with van der Waals surface area (Å²) >= 11 is 0. The molecular weight excluding hydrogens is 154 g/mol. The first-order valence-corrected chi connectivity index (χ1v) is 3.75. The fourth-order valence-corrected chi connectivity index (χ4v) is 0.862. The quantitative estimate of drug-likeness (QED) is 0.639. The normalized spacial score (nSPS) is 9.42. The van der Waals surface area contributed by atoms with Gasteiger partial charge in [0.25, 0.3) is 0 Å². The zero-order valence-electron chi connectivity index (χ0n) is 6.99. The number of carbonyl (C=O) groups excluding carboxylic acids is 1. The van der Waals surface area contributed by atoms with Gasteiger partial charge in [0.2, 0.25) is 0 Å². The highest BCUT2D eigenvalue weighted by Crippen LogP contribution is 2.03. The number of esters is 1. The van der Waals surface area contributed by atoms with Gasteiger partial charge in [-0.3, -0.25) is 0 Å². The van der Waals surface area contributed by atoms with Gasteiger partial charge in [-0.2, -0.15) is 0 Å².